The van der Waals surface area contributed by atoms with Gasteiger partial charge in [-0.15, -0.1) is 0 Å². The number of rotatable bonds is 2. The quantitative estimate of drug-likeness (QED) is 0.466. The van der Waals surface area contributed by atoms with Crippen LogP contribution in [0.25, 0.3) is 0 Å². The van der Waals surface area contributed by atoms with Gasteiger partial charge in [-0.05, 0) is 12.8 Å². The second-order valence-corrected chi connectivity index (χ2v) is 2.44. The van der Waals surface area contributed by atoms with Crippen LogP contribution in [-0.2, 0) is 0 Å². The average Bonchev–Trinajstić information content (AvgIpc) is 1.65. The van der Waals surface area contributed by atoms with Gasteiger partial charge in [-0.25, -0.2) is 0 Å². The molecule has 0 saturated carbocycles. The zero-order valence-electron chi connectivity index (χ0n) is 5.73. The van der Waals surface area contributed by atoms with Crippen molar-refractivity contribution >= 4 is 0 Å². The fourth-order valence-corrected chi connectivity index (χ4v) is 0.385. The Morgan fingerprint density at radius 1 is 1.14 bits per heavy atom. The SMILES string of the molecule is C[CH+]C(C)C(C)C. The Kier molecular flexibility index (Phi) is 2.89. The Morgan fingerprint density at radius 3 is 1.57 bits per heavy atom. The van der Waals surface area contributed by atoms with E-state index in [1.807, 2.05) is 0 Å². The van der Waals surface area contributed by atoms with E-state index in [0.717, 1.165) is 11.8 Å². The molecule has 7 heavy (non-hydrogen) atoms. The smallest absolute Gasteiger partial charge is 0.0584 e. The van der Waals surface area contributed by atoms with Crippen LogP contribution in [0, 0.1) is 18.3 Å². The zero-order chi connectivity index (χ0) is 5.86. The van der Waals surface area contributed by atoms with Crippen molar-refractivity contribution in [2.24, 2.45) is 11.8 Å². The van der Waals surface area contributed by atoms with E-state index >= 15 is 0 Å². The fraction of sp³-hybridized carbons (Fsp3) is 0.857. The van der Waals surface area contributed by atoms with Gasteiger partial charge in [0.15, 0.2) is 0 Å². The summed E-state index contributed by atoms with van der Waals surface area (Å²) >= 11 is 0. The third kappa shape index (κ3) is 2.55. The number of hydrogen-bond acceptors (Lipinski definition) is 0. The maximum atomic E-state index is 2.24. The highest BCUT2D eigenvalue weighted by Crippen LogP contribution is 2.10. The molecule has 0 radical (unpaired) electrons. The molecule has 0 N–H and O–H groups in total. The first-order valence-corrected chi connectivity index (χ1v) is 2.98. The van der Waals surface area contributed by atoms with E-state index in [2.05, 4.69) is 34.1 Å². The summed E-state index contributed by atoms with van der Waals surface area (Å²) in [5.41, 5.74) is 0. The Labute approximate surface area is 46.9 Å². The molecule has 0 aromatic heterocycles. The van der Waals surface area contributed by atoms with Gasteiger partial charge >= 0.3 is 0 Å². The fourth-order valence-electron chi connectivity index (χ4n) is 0.385. The Balaban J connectivity index is 3.14. The highest BCUT2D eigenvalue weighted by Gasteiger charge is 2.09. The van der Waals surface area contributed by atoms with Crippen LogP contribution < -0.4 is 0 Å². The van der Waals surface area contributed by atoms with E-state index in [1.54, 1.807) is 0 Å². The first kappa shape index (κ1) is 6.87. The van der Waals surface area contributed by atoms with Crippen LogP contribution >= 0.6 is 0 Å². The van der Waals surface area contributed by atoms with Crippen LogP contribution in [0.3, 0.4) is 0 Å². The third-order valence-electron chi connectivity index (χ3n) is 1.58. The lowest BCUT2D eigenvalue weighted by Crippen LogP contribution is -2.01. The molecule has 0 aromatic carbocycles. The minimum atomic E-state index is 0.778. The second kappa shape index (κ2) is 2.95. The predicted molar refractivity (Wildman–Crippen MR) is 34.0 cm³/mol. The summed E-state index contributed by atoms with van der Waals surface area (Å²) in [4.78, 5) is 0. The molecule has 0 aliphatic carbocycles. The lowest BCUT2D eigenvalue weighted by atomic mass is 9.96. The van der Waals surface area contributed by atoms with Gasteiger partial charge in [0.05, 0.1) is 19.3 Å². The van der Waals surface area contributed by atoms with E-state index in [9.17, 15) is 0 Å². The summed E-state index contributed by atoms with van der Waals surface area (Å²) in [5.74, 6) is 1.59. The van der Waals surface area contributed by atoms with Gasteiger partial charge in [0.25, 0.3) is 0 Å². The van der Waals surface area contributed by atoms with Crippen LogP contribution in [0.4, 0.5) is 0 Å². The summed E-state index contributed by atoms with van der Waals surface area (Å²) in [6.07, 6.45) is 2.24. The Morgan fingerprint density at radius 2 is 1.57 bits per heavy atom. The average molecular weight is 99.2 g/mol. The van der Waals surface area contributed by atoms with E-state index in [-0.39, 0.29) is 0 Å². The summed E-state index contributed by atoms with van der Waals surface area (Å²) in [7, 11) is 0. The molecule has 0 aromatic rings. The standard InChI is InChI=1S/C7H15/c1-5-7(4)6(2)3/h5-7H,1-4H3/q+1. The van der Waals surface area contributed by atoms with Gasteiger partial charge in [0.2, 0.25) is 0 Å². The topological polar surface area (TPSA) is 0 Å². The molecular formula is C7H15+. The van der Waals surface area contributed by atoms with Crippen molar-refractivity contribution in [1.82, 2.24) is 0 Å². The molecule has 0 amide bonds. The Bertz CT molecular complexity index is 37.3. The van der Waals surface area contributed by atoms with Crippen molar-refractivity contribution in [2.75, 3.05) is 0 Å². The molecule has 1 unspecified atom stereocenters. The minimum Gasteiger partial charge on any atom is -0.0584 e. The lowest BCUT2D eigenvalue weighted by Gasteiger charge is -2.02. The molecule has 0 heterocycles. The molecular weight excluding hydrogens is 84.1 g/mol. The van der Waals surface area contributed by atoms with Crippen LogP contribution in [0.15, 0.2) is 0 Å². The molecule has 0 heteroatoms. The van der Waals surface area contributed by atoms with Crippen molar-refractivity contribution in [1.29, 1.82) is 0 Å². The van der Waals surface area contributed by atoms with Gasteiger partial charge < -0.3 is 0 Å². The van der Waals surface area contributed by atoms with Crippen LogP contribution in [-0.4, -0.2) is 0 Å². The summed E-state index contributed by atoms with van der Waals surface area (Å²) in [5, 5.41) is 0. The van der Waals surface area contributed by atoms with Gasteiger partial charge in [0, 0.05) is 0 Å². The highest BCUT2D eigenvalue weighted by molar-refractivity contribution is 4.68. The van der Waals surface area contributed by atoms with Crippen molar-refractivity contribution in [3.8, 4) is 0 Å². The molecule has 0 spiro atoms. The zero-order valence-corrected chi connectivity index (χ0v) is 5.73. The maximum Gasteiger partial charge on any atom is 0.0969 e. The maximum absolute atomic E-state index is 2.24. The van der Waals surface area contributed by atoms with Gasteiger partial charge in [-0.1, -0.05) is 13.8 Å². The summed E-state index contributed by atoms with van der Waals surface area (Å²) < 4.78 is 0. The molecule has 0 bridgehead atoms. The summed E-state index contributed by atoms with van der Waals surface area (Å²) in [6.45, 7) is 8.84. The van der Waals surface area contributed by atoms with E-state index in [1.165, 1.54) is 0 Å². The Hall–Kier alpha value is -0.130. The first-order valence-electron chi connectivity index (χ1n) is 2.98. The highest BCUT2D eigenvalue weighted by atomic mass is 14.1. The number of hydrogen-bond donors (Lipinski definition) is 0. The minimum absolute atomic E-state index is 0.778. The molecule has 0 aliphatic heterocycles. The lowest BCUT2D eigenvalue weighted by molar-refractivity contribution is 0.475. The van der Waals surface area contributed by atoms with E-state index < -0.39 is 0 Å². The molecule has 0 aliphatic rings. The van der Waals surface area contributed by atoms with Gasteiger partial charge in [0.1, 0.15) is 0 Å². The molecule has 0 saturated heterocycles. The normalized spacial score (nSPS) is 14.4. The third-order valence-corrected chi connectivity index (χ3v) is 1.58. The van der Waals surface area contributed by atoms with Crippen LogP contribution in [0.2, 0.25) is 0 Å². The van der Waals surface area contributed by atoms with E-state index in [0.29, 0.717) is 0 Å². The monoisotopic (exact) mass is 99.1 g/mol. The van der Waals surface area contributed by atoms with Crippen LogP contribution in [0.1, 0.15) is 27.7 Å². The van der Waals surface area contributed by atoms with Crippen molar-refractivity contribution in [3.63, 3.8) is 0 Å². The molecule has 0 nitrogen and oxygen atoms in total. The molecule has 0 fully saturated rings. The first-order chi connectivity index (χ1) is 3.18. The van der Waals surface area contributed by atoms with Crippen LogP contribution in [0.5, 0.6) is 0 Å². The largest absolute Gasteiger partial charge is 0.0969 e. The molecule has 42 valence electrons. The molecule has 0 rings (SSSR count). The predicted octanol–water partition coefficient (Wildman–Crippen LogP) is 2.50. The van der Waals surface area contributed by atoms with Crippen molar-refractivity contribution in [3.05, 3.63) is 6.42 Å². The van der Waals surface area contributed by atoms with Crippen molar-refractivity contribution in [2.45, 2.75) is 27.7 Å². The van der Waals surface area contributed by atoms with Gasteiger partial charge in [-0.2, -0.15) is 0 Å². The van der Waals surface area contributed by atoms with E-state index in [4.69, 9.17) is 0 Å². The van der Waals surface area contributed by atoms with Gasteiger partial charge in [-0.3, -0.25) is 0 Å². The summed E-state index contributed by atoms with van der Waals surface area (Å²) in [6, 6.07) is 0. The molecule has 1 atom stereocenters. The second-order valence-electron chi connectivity index (χ2n) is 2.44. The van der Waals surface area contributed by atoms with Crippen molar-refractivity contribution < 1.29 is 0 Å².